The summed E-state index contributed by atoms with van der Waals surface area (Å²) in [5, 5.41) is 0. The average Bonchev–Trinajstić information content (AvgIpc) is 3.07. The monoisotopic (exact) mass is 340 g/mol. The molecule has 1 saturated heterocycles. The lowest BCUT2D eigenvalue weighted by Crippen LogP contribution is -2.46. The highest BCUT2D eigenvalue weighted by molar-refractivity contribution is 5.74. The van der Waals surface area contributed by atoms with Crippen LogP contribution in [0.4, 0.5) is 4.79 Å². The summed E-state index contributed by atoms with van der Waals surface area (Å²) in [6, 6.07) is 0.222. The lowest BCUT2D eigenvalue weighted by molar-refractivity contribution is 0.0486. The van der Waals surface area contributed by atoms with Crippen LogP contribution < -0.4 is 0 Å². The number of carbonyl (C=O) groups excluding carboxylic acids is 1. The van der Waals surface area contributed by atoms with Gasteiger partial charge in [-0.05, 0) is 50.4 Å². The van der Waals surface area contributed by atoms with Crippen molar-refractivity contribution in [3.8, 4) is 0 Å². The Kier molecular flexibility index (Phi) is 8.33. The van der Waals surface area contributed by atoms with Crippen molar-refractivity contribution in [1.82, 2.24) is 9.80 Å². The molecule has 2 amide bonds. The molecule has 5 heteroatoms. The standard InChI is InChI=1S/C19H36N2O3/c1-4-5-16-10-11-20(14-16)19(22)21(12-13-23-2)15-17-6-8-18(24-3)9-7-17/h16-18H,4-15H2,1-3H3. The molecule has 1 saturated carbocycles. The van der Waals surface area contributed by atoms with E-state index in [1.165, 1.54) is 12.8 Å². The predicted molar refractivity (Wildman–Crippen MR) is 96.2 cm³/mol. The van der Waals surface area contributed by atoms with Crippen LogP contribution in [0.3, 0.4) is 0 Å². The van der Waals surface area contributed by atoms with Gasteiger partial charge in [-0.1, -0.05) is 13.3 Å². The summed E-state index contributed by atoms with van der Waals surface area (Å²) in [4.78, 5) is 17.1. The Morgan fingerprint density at radius 1 is 1.12 bits per heavy atom. The van der Waals surface area contributed by atoms with E-state index in [0.717, 1.165) is 51.7 Å². The topological polar surface area (TPSA) is 42.0 Å². The van der Waals surface area contributed by atoms with E-state index in [1.54, 1.807) is 14.2 Å². The maximum Gasteiger partial charge on any atom is 0.320 e. The second kappa shape index (κ2) is 10.2. The Morgan fingerprint density at radius 3 is 2.50 bits per heavy atom. The zero-order valence-corrected chi connectivity index (χ0v) is 15.8. The Balaban J connectivity index is 1.86. The molecule has 1 atom stereocenters. The maximum atomic E-state index is 13.0. The molecule has 2 fully saturated rings. The molecule has 1 aliphatic heterocycles. The summed E-state index contributed by atoms with van der Waals surface area (Å²) in [5.41, 5.74) is 0. The van der Waals surface area contributed by atoms with Gasteiger partial charge in [0.1, 0.15) is 0 Å². The van der Waals surface area contributed by atoms with Gasteiger partial charge in [-0.15, -0.1) is 0 Å². The van der Waals surface area contributed by atoms with Gasteiger partial charge in [0, 0.05) is 40.4 Å². The molecule has 0 spiro atoms. The van der Waals surface area contributed by atoms with Crippen LogP contribution in [0.1, 0.15) is 51.9 Å². The van der Waals surface area contributed by atoms with Crippen molar-refractivity contribution in [1.29, 1.82) is 0 Å². The van der Waals surface area contributed by atoms with Gasteiger partial charge in [0.25, 0.3) is 0 Å². The van der Waals surface area contributed by atoms with Crippen LogP contribution in [-0.2, 0) is 9.47 Å². The highest BCUT2D eigenvalue weighted by Crippen LogP contribution is 2.28. The molecule has 0 aromatic carbocycles. The Labute approximate surface area is 147 Å². The molecule has 24 heavy (non-hydrogen) atoms. The predicted octanol–water partition coefficient (Wildman–Crippen LogP) is 3.38. The SMILES string of the molecule is CCCC1CCN(C(=O)N(CCOC)CC2CCC(OC)CC2)C1. The van der Waals surface area contributed by atoms with Gasteiger partial charge in [-0.3, -0.25) is 0 Å². The summed E-state index contributed by atoms with van der Waals surface area (Å²) < 4.78 is 10.7. The van der Waals surface area contributed by atoms with Crippen LogP contribution in [0.5, 0.6) is 0 Å². The first-order chi connectivity index (χ1) is 11.7. The first kappa shape index (κ1) is 19.5. The van der Waals surface area contributed by atoms with Crippen molar-refractivity contribution in [2.75, 3.05) is 47.0 Å². The van der Waals surface area contributed by atoms with Crippen molar-refractivity contribution in [3.05, 3.63) is 0 Å². The summed E-state index contributed by atoms with van der Waals surface area (Å²) in [7, 11) is 3.51. The number of urea groups is 1. The summed E-state index contributed by atoms with van der Waals surface area (Å²) >= 11 is 0. The molecule has 140 valence electrons. The van der Waals surface area contributed by atoms with E-state index in [4.69, 9.17) is 9.47 Å². The fraction of sp³-hybridized carbons (Fsp3) is 0.947. The lowest BCUT2D eigenvalue weighted by atomic mass is 9.87. The summed E-state index contributed by atoms with van der Waals surface area (Å²) in [5.74, 6) is 1.30. The number of hydrogen-bond acceptors (Lipinski definition) is 3. The Morgan fingerprint density at radius 2 is 1.88 bits per heavy atom. The van der Waals surface area contributed by atoms with E-state index in [1.807, 2.05) is 4.90 Å². The van der Waals surface area contributed by atoms with Gasteiger partial charge in [-0.25, -0.2) is 4.79 Å². The number of nitrogens with zero attached hydrogens (tertiary/aromatic N) is 2. The molecule has 0 radical (unpaired) electrons. The minimum absolute atomic E-state index is 0.222. The van der Waals surface area contributed by atoms with E-state index in [-0.39, 0.29) is 6.03 Å². The number of ether oxygens (including phenoxy) is 2. The van der Waals surface area contributed by atoms with E-state index >= 15 is 0 Å². The maximum absolute atomic E-state index is 13.0. The van der Waals surface area contributed by atoms with E-state index in [0.29, 0.717) is 31.1 Å². The minimum atomic E-state index is 0.222. The fourth-order valence-corrected chi connectivity index (χ4v) is 4.18. The van der Waals surface area contributed by atoms with Crippen molar-refractivity contribution < 1.29 is 14.3 Å². The van der Waals surface area contributed by atoms with E-state index in [9.17, 15) is 4.79 Å². The van der Waals surface area contributed by atoms with Crippen LogP contribution in [0.2, 0.25) is 0 Å². The van der Waals surface area contributed by atoms with Gasteiger partial charge >= 0.3 is 6.03 Å². The van der Waals surface area contributed by atoms with Crippen LogP contribution >= 0.6 is 0 Å². The highest BCUT2D eigenvalue weighted by atomic mass is 16.5. The third-order valence-electron chi connectivity index (χ3n) is 5.69. The molecule has 1 unspecified atom stereocenters. The molecule has 0 N–H and O–H groups in total. The third kappa shape index (κ3) is 5.62. The first-order valence-corrected chi connectivity index (χ1v) is 9.73. The Bertz CT molecular complexity index is 370. The molecule has 0 bridgehead atoms. The number of rotatable bonds is 8. The lowest BCUT2D eigenvalue weighted by Gasteiger charge is -2.34. The number of amides is 2. The number of hydrogen-bond donors (Lipinski definition) is 0. The van der Waals surface area contributed by atoms with Crippen LogP contribution in [0.15, 0.2) is 0 Å². The zero-order valence-electron chi connectivity index (χ0n) is 15.8. The van der Waals surface area contributed by atoms with E-state index < -0.39 is 0 Å². The van der Waals surface area contributed by atoms with Crippen LogP contribution in [-0.4, -0.2) is 68.9 Å². The normalized spacial score (nSPS) is 27.5. The third-order valence-corrected chi connectivity index (χ3v) is 5.69. The molecule has 0 aromatic rings. The summed E-state index contributed by atoms with van der Waals surface area (Å²) in [6.45, 7) is 6.27. The second-order valence-electron chi connectivity index (χ2n) is 7.49. The van der Waals surface area contributed by atoms with Gasteiger partial charge < -0.3 is 19.3 Å². The van der Waals surface area contributed by atoms with Crippen molar-refractivity contribution in [2.24, 2.45) is 11.8 Å². The zero-order chi connectivity index (χ0) is 17.4. The average molecular weight is 341 g/mol. The quantitative estimate of drug-likeness (QED) is 0.680. The molecule has 2 rings (SSSR count). The van der Waals surface area contributed by atoms with Gasteiger partial charge in [-0.2, -0.15) is 0 Å². The van der Waals surface area contributed by atoms with Crippen molar-refractivity contribution in [2.45, 2.75) is 58.0 Å². The van der Waals surface area contributed by atoms with Gasteiger partial charge in [0.15, 0.2) is 0 Å². The Hall–Kier alpha value is -0.810. The molecular weight excluding hydrogens is 304 g/mol. The molecule has 5 nitrogen and oxygen atoms in total. The number of carbonyl (C=O) groups is 1. The number of methoxy groups -OCH3 is 2. The molecule has 2 aliphatic rings. The first-order valence-electron chi connectivity index (χ1n) is 9.73. The molecule has 0 aromatic heterocycles. The molecule has 1 heterocycles. The highest BCUT2D eigenvalue weighted by Gasteiger charge is 2.31. The van der Waals surface area contributed by atoms with E-state index in [2.05, 4.69) is 11.8 Å². The van der Waals surface area contributed by atoms with Gasteiger partial charge in [0.05, 0.1) is 12.7 Å². The minimum Gasteiger partial charge on any atom is -0.383 e. The fourth-order valence-electron chi connectivity index (χ4n) is 4.18. The van der Waals surface area contributed by atoms with Crippen LogP contribution in [0, 0.1) is 11.8 Å². The van der Waals surface area contributed by atoms with Gasteiger partial charge in [0.2, 0.25) is 0 Å². The van der Waals surface area contributed by atoms with Crippen molar-refractivity contribution in [3.63, 3.8) is 0 Å². The summed E-state index contributed by atoms with van der Waals surface area (Å²) in [6.07, 6.45) is 8.59. The van der Waals surface area contributed by atoms with Crippen LogP contribution in [0.25, 0.3) is 0 Å². The molecular formula is C19H36N2O3. The molecule has 1 aliphatic carbocycles. The largest absolute Gasteiger partial charge is 0.383 e. The second-order valence-corrected chi connectivity index (χ2v) is 7.49. The smallest absolute Gasteiger partial charge is 0.320 e. The van der Waals surface area contributed by atoms with Crippen molar-refractivity contribution >= 4 is 6.03 Å². The number of likely N-dealkylation sites (tertiary alicyclic amines) is 1.